The highest BCUT2D eigenvalue weighted by atomic mass is 19.1. The summed E-state index contributed by atoms with van der Waals surface area (Å²) in [6, 6.07) is 3.03. The SMILES string of the molecule is COc1ccc(F)c2c1CC(C)CO2. The van der Waals surface area contributed by atoms with Gasteiger partial charge >= 0.3 is 0 Å². The average Bonchev–Trinajstić information content (AvgIpc) is 2.18. The second-order valence-corrected chi connectivity index (χ2v) is 3.68. The monoisotopic (exact) mass is 196 g/mol. The lowest BCUT2D eigenvalue weighted by Gasteiger charge is -2.24. The van der Waals surface area contributed by atoms with Crippen LogP contribution in [0.3, 0.4) is 0 Å². The van der Waals surface area contributed by atoms with Gasteiger partial charge in [0.05, 0.1) is 13.7 Å². The predicted octanol–water partition coefficient (Wildman–Crippen LogP) is 2.41. The summed E-state index contributed by atoms with van der Waals surface area (Å²) < 4.78 is 23.9. The number of benzene rings is 1. The third-order valence-electron chi connectivity index (χ3n) is 2.45. The predicted molar refractivity (Wildman–Crippen MR) is 51.3 cm³/mol. The molecule has 0 spiro atoms. The number of rotatable bonds is 1. The minimum Gasteiger partial charge on any atom is -0.496 e. The summed E-state index contributed by atoms with van der Waals surface area (Å²) in [5, 5.41) is 0. The smallest absolute Gasteiger partial charge is 0.165 e. The van der Waals surface area contributed by atoms with Crippen LogP contribution in [0.2, 0.25) is 0 Å². The minimum atomic E-state index is -0.298. The molecule has 0 aliphatic carbocycles. The second-order valence-electron chi connectivity index (χ2n) is 3.68. The molecule has 3 heteroatoms. The standard InChI is InChI=1S/C11H13FO2/c1-7-5-8-10(13-2)4-3-9(12)11(8)14-6-7/h3-4,7H,5-6H2,1-2H3. The van der Waals surface area contributed by atoms with Crippen LogP contribution in [0.4, 0.5) is 4.39 Å². The number of methoxy groups -OCH3 is 1. The quantitative estimate of drug-likeness (QED) is 0.686. The van der Waals surface area contributed by atoms with Gasteiger partial charge in [0.1, 0.15) is 5.75 Å². The molecule has 1 heterocycles. The van der Waals surface area contributed by atoms with Gasteiger partial charge in [-0.25, -0.2) is 4.39 Å². The van der Waals surface area contributed by atoms with Gasteiger partial charge in [-0.2, -0.15) is 0 Å². The van der Waals surface area contributed by atoms with Crippen LogP contribution in [0.15, 0.2) is 12.1 Å². The molecular formula is C11H13FO2. The first-order chi connectivity index (χ1) is 6.72. The Hall–Kier alpha value is -1.25. The number of halogens is 1. The molecule has 0 fully saturated rings. The van der Waals surface area contributed by atoms with Gasteiger partial charge in [0, 0.05) is 5.56 Å². The molecule has 0 saturated heterocycles. The molecule has 1 unspecified atom stereocenters. The van der Waals surface area contributed by atoms with Gasteiger partial charge in [0.15, 0.2) is 11.6 Å². The Morgan fingerprint density at radius 2 is 2.29 bits per heavy atom. The van der Waals surface area contributed by atoms with Gasteiger partial charge in [-0.1, -0.05) is 6.92 Å². The van der Waals surface area contributed by atoms with Crippen molar-refractivity contribution in [2.75, 3.05) is 13.7 Å². The Balaban J connectivity index is 2.49. The molecule has 2 nitrogen and oxygen atoms in total. The van der Waals surface area contributed by atoms with E-state index in [1.807, 2.05) is 0 Å². The van der Waals surface area contributed by atoms with Gasteiger partial charge in [-0.05, 0) is 24.5 Å². The highest BCUT2D eigenvalue weighted by Crippen LogP contribution is 2.36. The molecule has 0 amide bonds. The fraction of sp³-hybridized carbons (Fsp3) is 0.455. The summed E-state index contributed by atoms with van der Waals surface area (Å²) in [7, 11) is 1.59. The van der Waals surface area contributed by atoms with E-state index in [4.69, 9.17) is 9.47 Å². The molecule has 14 heavy (non-hydrogen) atoms. The molecule has 2 rings (SSSR count). The number of ether oxygens (including phenoxy) is 2. The molecule has 1 aliphatic heterocycles. The van der Waals surface area contributed by atoms with Crippen molar-refractivity contribution < 1.29 is 13.9 Å². The first-order valence-corrected chi connectivity index (χ1v) is 4.70. The van der Waals surface area contributed by atoms with Crippen molar-refractivity contribution in [1.29, 1.82) is 0 Å². The van der Waals surface area contributed by atoms with Crippen LogP contribution in [-0.4, -0.2) is 13.7 Å². The fourth-order valence-corrected chi connectivity index (χ4v) is 1.75. The summed E-state index contributed by atoms with van der Waals surface area (Å²) in [6.07, 6.45) is 0.816. The summed E-state index contributed by atoms with van der Waals surface area (Å²) in [5.74, 6) is 1.20. The van der Waals surface area contributed by atoms with Gasteiger partial charge in [0.2, 0.25) is 0 Å². The van der Waals surface area contributed by atoms with Crippen LogP contribution in [-0.2, 0) is 6.42 Å². The summed E-state index contributed by atoms with van der Waals surface area (Å²) in [4.78, 5) is 0. The van der Waals surface area contributed by atoms with Crippen LogP contribution < -0.4 is 9.47 Å². The van der Waals surface area contributed by atoms with E-state index in [1.165, 1.54) is 6.07 Å². The third-order valence-corrected chi connectivity index (χ3v) is 2.45. The molecule has 1 atom stereocenters. The Labute approximate surface area is 82.6 Å². The molecule has 1 aliphatic rings. The largest absolute Gasteiger partial charge is 0.496 e. The number of hydrogen-bond acceptors (Lipinski definition) is 2. The molecule has 0 bridgehead atoms. The molecule has 0 radical (unpaired) electrons. The lowest BCUT2D eigenvalue weighted by molar-refractivity contribution is 0.219. The van der Waals surface area contributed by atoms with E-state index >= 15 is 0 Å². The molecule has 76 valence electrons. The summed E-state index contributed by atoms with van der Waals surface area (Å²) in [6.45, 7) is 2.66. The van der Waals surface area contributed by atoms with Crippen molar-refractivity contribution >= 4 is 0 Å². The molecule has 0 saturated carbocycles. The van der Waals surface area contributed by atoms with Crippen LogP contribution in [0.1, 0.15) is 12.5 Å². The maximum absolute atomic E-state index is 13.3. The lowest BCUT2D eigenvalue weighted by atomic mass is 9.97. The highest BCUT2D eigenvalue weighted by Gasteiger charge is 2.23. The molecular weight excluding hydrogens is 183 g/mol. The second kappa shape index (κ2) is 3.48. The van der Waals surface area contributed by atoms with Crippen molar-refractivity contribution in [2.24, 2.45) is 5.92 Å². The van der Waals surface area contributed by atoms with Crippen LogP contribution >= 0.6 is 0 Å². The van der Waals surface area contributed by atoms with Crippen LogP contribution in [0.5, 0.6) is 11.5 Å². The minimum absolute atomic E-state index is 0.298. The van der Waals surface area contributed by atoms with Crippen molar-refractivity contribution in [2.45, 2.75) is 13.3 Å². The van der Waals surface area contributed by atoms with Crippen LogP contribution in [0, 0.1) is 11.7 Å². The topological polar surface area (TPSA) is 18.5 Å². The van der Waals surface area contributed by atoms with Crippen molar-refractivity contribution in [3.8, 4) is 11.5 Å². The van der Waals surface area contributed by atoms with Crippen molar-refractivity contribution in [1.82, 2.24) is 0 Å². The van der Waals surface area contributed by atoms with Crippen LogP contribution in [0.25, 0.3) is 0 Å². The van der Waals surface area contributed by atoms with E-state index in [-0.39, 0.29) is 5.82 Å². The number of hydrogen-bond donors (Lipinski definition) is 0. The molecule has 0 N–H and O–H groups in total. The van der Waals surface area contributed by atoms with Crippen molar-refractivity contribution in [3.63, 3.8) is 0 Å². The Bertz CT molecular complexity index is 349. The van der Waals surface area contributed by atoms with E-state index in [0.29, 0.717) is 24.0 Å². The van der Waals surface area contributed by atoms with Crippen molar-refractivity contribution in [3.05, 3.63) is 23.5 Å². The zero-order valence-corrected chi connectivity index (χ0v) is 8.34. The Morgan fingerprint density at radius 3 is 3.00 bits per heavy atom. The van der Waals surface area contributed by atoms with E-state index in [0.717, 1.165) is 12.0 Å². The average molecular weight is 196 g/mol. The fourth-order valence-electron chi connectivity index (χ4n) is 1.75. The van der Waals surface area contributed by atoms with Gasteiger partial charge in [-0.15, -0.1) is 0 Å². The lowest BCUT2D eigenvalue weighted by Crippen LogP contribution is -2.19. The maximum atomic E-state index is 13.3. The maximum Gasteiger partial charge on any atom is 0.165 e. The van der Waals surface area contributed by atoms with Gasteiger partial charge in [-0.3, -0.25) is 0 Å². The van der Waals surface area contributed by atoms with Gasteiger partial charge < -0.3 is 9.47 Å². The van der Waals surface area contributed by atoms with Gasteiger partial charge in [0.25, 0.3) is 0 Å². The van der Waals surface area contributed by atoms with E-state index < -0.39 is 0 Å². The van der Waals surface area contributed by atoms with E-state index in [2.05, 4.69) is 6.92 Å². The zero-order chi connectivity index (χ0) is 10.1. The third kappa shape index (κ3) is 1.43. The normalized spacial score (nSPS) is 19.8. The Morgan fingerprint density at radius 1 is 1.50 bits per heavy atom. The summed E-state index contributed by atoms with van der Waals surface area (Å²) >= 11 is 0. The molecule has 0 aromatic heterocycles. The zero-order valence-electron chi connectivity index (χ0n) is 8.34. The highest BCUT2D eigenvalue weighted by molar-refractivity contribution is 5.47. The first-order valence-electron chi connectivity index (χ1n) is 4.70. The van der Waals surface area contributed by atoms with E-state index in [1.54, 1.807) is 13.2 Å². The Kier molecular flexibility index (Phi) is 2.32. The first kappa shape index (κ1) is 9.31. The van der Waals surface area contributed by atoms with E-state index in [9.17, 15) is 4.39 Å². The molecule has 1 aromatic carbocycles. The summed E-state index contributed by atoms with van der Waals surface area (Å²) in [5.41, 5.74) is 0.853. The molecule has 1 aromatic rings. The number of fused-ring (bicyclic) bond motifs is 1.